The molecule has 4 rings (SSSR count). The van der Waals surface area contributed by atoms with Gasteiger partial charge in [0.25, 0.3) is 0 Å². The Morgan fingerprint density at radius 2 is 1.95 bits per heavy atom. The molecular weight excluding hydrogens is 557 g/mol. The summed E-state index contributed by atoms with van der Waals surface area (Å²) in [4.78, 5) is 13.1. The number of benzene rings is 2. The molecule has 39 heavy (non-hydrogen) atoms. The average Bonchev–Trinajstić information content (AvgIpc) is 3.60. The Bertz CT molecular complexity index is 1580. The number of anilines is 1. The lowest BCUT2D eigenvalue weighted by Gasteiger charge is -2.15. The van der Waals surface area contributed by atoms with Gasteiger partial charge in [-0.3, -0.25) is 5.41 Å². The number of aromatic amines is 1. The Hall–Kier alpha value is -3.75. The number of H-pyrrole nitrogens is 1. The third kappa shape index (κ3) is 6.64. The molecule has 2 heterocycles. The molecule has 0 aliphatic rings. The topological polar surface area (TPSA) is 180 Å². The van der Waals surface area contributed by atoms with E-state index in [1.807, 2.05) is 31.2 Å². The first-order valence-electron chi connectivity index (χ1n) is 11.9. The molecule has 2 aromatic carbocycles. The monoisotopic (exact) mass is 584 g/mol. The van der Waals surface area contributed by atoms with E-state index < -0.39 is 15.9 Å². The van der Waals surface area contributed by atoms with Crippen molar-refractivity contribution in [2.45, 2.75) is 40.2 Å². The fourth-order valence-electron chi connectivity index (χ4n) is 3.92. The number of hydrogen-bond donors (Lipinski definition) is 5. The molecule has 0 bridgehead atoms. The number of tetrazole rings is 1. The molecule has 4 aromatic rings. The fourth-order valence-corrected chi connectivity index (χ4v) is 7.95. The maximum absolute atomic E-state index is 14.0. The highest BCUT2D eigenvalue weighted by atomic mass is 32.2. The van der Waals surface area contributed by atoms with Crippen LogP contribution in [0.4, 0.5) is 10.5 Å². The van der Waals surface area contributed by atoms with Gasteiger partial charge in [0.05, 0.1) is 24.6 Å². The van der Waals surface area contributed by atoms with Crippen molar-refractivity contribution in [1.29, 1.82) is 5.41 Å². The van der Waals surface area contributed by atoms with Crippen molar-refractivity contribution in [3.63, 3.8) is 0 Å². The summed E-state index contributed by atoms with van der Waals surface area (Å²) in [6.07, 6.45) is 3.82. The molecule has 0 saturated carbocycles. The first-order chi connectivity index (χ1) is 18.7. The summed E-state index contributed by atoms with van der Waals surface area (Å²) < 4.78 is 28.6. The highest BCUT2D eigenvalue weighted by Gasteiger charge is 2.28. The van der Waals surface area contributed by atoms with Gasteiger partial charge in [-0.1, -0.05) is 35.5 Å². The van der Waals surface area contributed by atoms with Gasteiger partial charge in [0.2, 0.25) is 9.84 Å². The molecule has 2 amide bonds. The van der Waals surface area contributed by atoms with Gasteiger partial charge in [-0.15, -0.1) is 33.3 Å². The summed E-state index contributed by atoms with van der Waals surface area (Å²) in [6.45, 7) is 2.34. The molecule has 2 aromatic heterocycles. The molecule has 0 radical (unpaired) electrons. The van der Waals surface area contributed by atoms with E-state index in [0.29, 0.717) is 39.9 Å². The molecule has 0 saturated heterocycles. The zero-order valence-corrected chi connectivity index (χ0v) is 23.8. The number of amidine groups is 1. The van der Waals surface area contributed by atoms with E-state index in [4.69, 9.17) is 11.1 Å². The van der Waals surface area contributed by atoms with Crippen molar-refractivity contribution in [3.8, 4) is 11.1 Å². The van der Waals surface area contributed by atoms with E-state index in [2.05, 4.69) is 31.3 Å². The normalized spacial score (nSPS) is 11.3. The van der Waals surface area contributed by atoms with E-state index in [9.17, 15) is 13.2 Å². The predicted octanol–water partition coefficient (Wildman–Crippen LogP) is 4.22. The minimum atomic E-state index is -4.10. The lowest BCUT2D eigenvalue weighted by Crippen LogP contribution is -2.30. The second-order valence-electron chi connectivity index (χ2n) is 8.58. The number of carbonyl (C=O) groups excluding carboxylic acids is 1. The van der Waals surface area contributed by atoms with Gasteiger partial charge in [-0.2, -0.15) is 5.21 Å². The van der Waals surface area contributed by atoms with Crippen LogP contribution in [0.3, 0.4) is 0 Å². The number of amides is 2. The summed E-state index contributed by atoms with van der Waals surface area (Å²) >= 11 is 2.41. The van der Waals surface area contributed by atoms with Gasteiger partial charge in [0.1, 0.15) is 5.84 Å². The van der Waals surface area contributed by atoms with Crippen LogP contribution in [0.25, 0.3) is 11.1 Å². The number of aromatic nitrogens is 4. The van der Waals surface area contributed by atoms with Gasteiger partial charge in [-0.25, -0.2) is 13.2 Å². The van der Waals surface area contributed by atoms with E-state index in [-0.39, 0.29) is 21.3 Å². The van der Waals surface area contributed by atoms with E-state index in [1.165, 1.54) is 17.8 Å². The molecule has 0 aliphatic carbocycles. The van der Waals surface area contributed by atoms with Crippen molar-refractivity contribution in [1.82, 2.24) is 25.9 Å². The fraction of sp³-hybridized carbons (Fsp3) is 0.240. The quantitative estimate of drug-likeness (QED) is 0.0752. The average molecular weight is 585 g/mol. The number of nitrogens with two attached hydrogens (primary N) is 1. The number of sulfone groups is 1. The van der Waals surface area contributed by atoms with Crippen molar-refractivity contribution < 1.29 is 13.2 Å². The van der Waals surface area contributed by atoms with Crippen LogP contribution in [-0.2, 0) is 16.3 Å². The zero-order valence-electron chi connectivity index (χ0n) is 21.3. The van der Waals surface area contributed by atoms with E-state index in [0.717, 1.165) is 28.9 Å². The number of aryl methyl sites for hydroxylation is 2. The molecule has 11 nitrogen and oxygen atoms in total. The summed E-state index contributed by atoms with van der Waals surface area (Å²) in [5.74, 6) is 0.400. The second kappa shape index (κ2) is 12.4. The van der Waals surface area contributed by atoms with Crippen LogP contribution in [0, 0.1) is 12.3 Å². The Morgan fingerprint density at radius 1 is 1.15 bits per heavy atom. The van der Waals surface area contributed by atoms with Crippen molar-refractivity contribution >= 4 is 50.5 Å². The molecule has 14 heteroatoms. The molecule has 0 spiro atoms. The number of hydrogen-bond acceptors (Lipinski definition) is 9. The molecule has 0 unspecified atom stereocenters. The van der Waals surface area contributed by atoms with Crippen LogP contribution in [-0.4, -0.2) is 53.7 Å². The minimum absolute atomic E-state index is 0.0429. The van der Waals surface area contributed by atoms with Crippen LogP contribution in [0.15, 0.2) is 62.5 Å². The Labute approximate surface area is 234 Å². The van der Waals surface area contributed by atoms with Crippen molar-refractivity contribution in [2.75, 3.05) is 18.1 Å². The predicted molar refractivity (Wildman–Crippen MR) is 153 cm³/mol. The number of urea groups is 1. The number of thiophene rings is 1. The lowest BCUT2D eigenvalue weighted by atomic mass is 10.0. The van der Waals surface area contributed by atoms with Crippen LogP contribution in [0.2, 0.25) is 0 Å². The molecule has 0 fully saturated rings. The van der Waals surface area contributed by atoms with Gasteiger partial charge in [0.15, 0.2) is 5.82 Å². The summed E-state index contributed by atoms with van der Waals surface area (Å²) in [5.41, 5.74) is 8.37. The smallest absolute Gasteiger partial charge is 0.319 e. The van der Waals surface area contributed by atoms with Crippen LogP contribution in [0.5, 0.6) is 0 Å². The summed E-state index contributed by atoms with van der Waals surface area (Å²) in [7, 11) is -4.10. The third-order valence-electron chi connectivity index (χ3n) is 5.88. The second-order valence-corrected chi connectivity index (χ2v) is 12.6. The minimum Gasteiger partial charge on any atom is -0.383 e. The van der Waals surface area contributed by atoms with Crippen molar-refractivity contribution in [3.05, 3.63) is 64.8 Å². The SMILES string of the molecule is CSc1sc(C(=N)N)cc1S(=O)(=O)c1cc(-c2ccccc2C)ccc1NC(=O)NCCCCc1nn[nH]n1. The maximum atomic E-state index is 14.0. The Balaban J connectivity index is 1.62. The lowest BCUT2D eigenvalue weighted by molar-refractivity contribution is 0.252. The summed E-state index contributed by atoms with van der Waals surface area (Å²) in [5, 5.41) is 27.0. The van der Waals surface area contributed by atoms with Crippen molar-refractivity contribution in [2.24, 2.45) is 5.73 Å². The molecule has 6 N–H and O–H groups in total. The number of nitrogens with one attached hydrogen (secondary N) is 4. The Morgan fingerprint density at radius 3 is 2.64 bits per heavy atom. The van der Waals surface area contributed by atoms with Gasteiger partial charge < -0.3 is 16.4 Å². The number of nitrogen functional groups attached to an aromatic ring is 1. The molecule has 204 valence electrons. The molecule has 0 atom stereocenters. The van der Waals surface area contributed by atoms with Crippen LogP contribution in [0.1, 0.15) is 29.1 Å². The first kappa shape index (κ1) is 28.3. The highest BCUT2D eigenvalue weighted by Crippen LogP contribution is 2.40. The molecule has 0 aliphatic heterocycles. The first-order valence-corrected chi connectivity index (χ1v) is 15.5. The van der Waals surface area contributed by atoms with Gasteiger partial charge in [0, 0.05) is 13.0 Å². The number of nitrogens with zero attached hydrogens (tertiary/aromatic N) is 3. The number of unbranched alkanes of at least 4 members (excludes halogenated alkanes) is 1. The molecular formula is C25H28N8O3S3. The number of rotatable bonds is 11. The largest absolute Gasteiger partial charge is 0.383 e. The van der Waals surface area contributed by atoms with E-state index >= 15 is 0 Å². The van der Waals surface area contributed by atoms with Crippen LogP contribution >= 0.6 is 23.1 Å². The van der Waals surface area contributed by atoms with Gasteiger partial charge in [-0.05, 0) is 60.9 Å². The Kier molecular flexibility index (Phi) is 8.99. The number of carbonyl (C=O) groups is 1. The standard InChI is InChI=1S/C25H28N8O3S3/c1-15-7-3-4-8-17(15)16-10-11-18(29-25(34)28-12-6-5-9-22-30-32-33-31-22)20(13-16)39(35,36)21-14-19(23(26)27)38-24(21)37-2/h3-4,7-8,10-11,13-14H,5-6,9,12H2,1-2H3,(H3,26,27)(H2,28,29,34)(H,30,31,32,33). The highest BCUT2D eigenvalue weighted by molar-refractivity contribution is 8.01. The van der Waals surface area contributed by atoms with E-state index in [1.54, 1.807) is 24.5 Å². The maximum Gasteiger partial charge on any atom is 0.319 e. The van der Waals surface area contributed by atoms with Crippen LogP contribution < -0.4 is 16.4 Å². The zero-order chi connectivity index (χ0) is 28.0. The van der Waals surface area contributed by atoms with Gasteiger partial charge >= 0.3 is 6.03 Å². The third-order valence-corrected chi connectivity index (χ3v) is 10.3. The summed E-state index contributed by atoms with van der Waals surface area (Å²) in [6, 6.07) is 13.5. The number of thioether (sulfide) groups is 1.